The molecule has 1 N–H and O–H groups in total. The van der Waals surface area contributed by atoms with Gasteiger partial charge < -0.3 is 24.4 Å². The fourth-order valence-corrected chi connectivity index (χ4v) is 6.97. The molecule has 1 fully saturated rings. The van der Waals surface area contributed by atoms with E-state index in [2.05, 4.69) is 29.6 Å². The summed E-state index contributed by atoms with van der Waals surface area (Å²) in [6.07, 6.45) is 6.92. The van der Waals surface area contributed by atoms with Crippen LogP contribution in [0.3, 0.4) is 0 Å². The summed E-state index contributed by atoms with van der Waals surface area (Å²) in [7, 11) is 4.39. The first-order chi connectivity index (χ1) is 24.4. The summed E-state index contributed by atoms with van der Waals surface area (Å²) in [5.41, 5.74) is 3.68. The first-order valence-electron chi connectivity index (χ1n) is 17.5. The van der Waals surface area contributed by atoms with E-state index in [0.29, 0.717) is 25.0 Å². The Balaban J connectivity index is 1.36. The molecule has 0 saturated carbocycles. The lowest BCUT2D eigenvalue weighted by molar-refractivity contribution is -0.137. The average molecular weight is 677 g/mol. The van der Waals surface area contributed by atoms with Gasteiger partial charge in [0.05, 0.1) is 21.3 Å². The summed E-state index contributed by atoms with van der Waals surface area (Å²) >= 11 is 0. The van der Waals surface area contributed by atoms with Gasteiger partial charge in [-0.25, -0.2) is 0 Å². The number of hydrogen-bond donors (Lipinski definition) is 1. The van der Waals surface area contributed by atoms with Gasteiger partial charge in [-0.1, -0.05) is 91.0 Å². The van der Waals surface area contributed by atoms with Crippen LogP contribution in [-0.4, -0.2) is 62.0 Å². The molecule has 8 nitrogen and oxygen atoms in total. The zero-order valence-electron chi connectivity index (χ0n) is 29.3. The van der Waals surface area contributed by atoms with Gasteiger partial charge in [0.15, 0.2) is 11.5 Å². The first-order valence-corrected chi connectivity index (χ1v) is 17.5. The number of rotatable bonds is 17. The van der Waals surface area contributed by atoms with Crippen LogP contribution in [0.25, 0.3) is 0 Å². The van der Waals surface area contributed by atoms with Gasteiger partial charge in [0.25, 0.3) is 11.7 Å². The van der Waals surface area contributed by atoms with Crippen LogP contribution in [0, 0.1) is 0 Å². The van der Waals surface area contributed by atoms with E-state index in [-0.39, 0.29) is 35.1 Å². The Hall–Kier alpha value is -5.11. The molecule has 0 aliphatic carbocycles. The molecule has 0 radical (unpaired) electrons. The van der Waals surface area contributed by atoms with Crippen LogP contribution in [0.5, 0.6) is 17.2 Å². The van der Waals surface area contributed by atoms with Gasteiger partial charge in [-0.3, -0.25) is 14.4 Å². The number of hydrogen-bond acceptors (Lipinski definition) is 6. The Morgan fingerprint density at radius 2 is 1.20 bits per heavy atom. The maximum atomic E-state index is 14.2. The molecular formula is C42H48N2O6. The quantitative estimate of drug-likeness (QED) is 0.0954. The molecule has 0 bridgehead atoms. The topological polar surface area (TPSA) is 94.2 Å². The summed E-state index contributed by atoms with van der Waals surface area (Å²) in [6.45, 7) is 0. The lowest BCUT2D eigenvalue weighted by atomic mass is 9.98. The standard InChI is InChI=1S/C42H48N2O6/c1-48-37-28-33(29-38(49-2)40(37)50-3)39(45)42(47)44-35(27-32-19-11-6-12-20-32)25-26-36(44)41(46)43-34(23-13-21-30-15-7-4-8-16-30)24-14-22-31-17-9-5-10-18-31/h4-12,15-20,28-29,34-36H,13-14,21-27H2,1-3H3,(H,43,46)/t35?,36-/m0/s1. The first kappa shape index (κ1) is 36.2. The van der Waals surface area contributed by atoms with Crippen molar-refractivity contribution in [2.75, 3.05) is 21.3 Å². The summed E-state index contributed by atoms with van der Waals surface area (Å²) in [6, 6.07) is 32.4. The molecule has 0 aromatic heterocycles. The number of methoxy groups -OCH3 is 3. The number of Topliss-reactive ketones (excluding diaryl/α,β-unsaturated/α-hetero) is 1. The third-order valence-electron chi connectivity index (χ3n) is 9.54. The normalized spacial score (nSPS) is 15.5. The van der Waals surface area contributed by atoms with Crippen LogP contribution in [0.1, 0.15) is 65.6 Å². The summed E-state index contributed by atoms with van der Waals surface area (Å²) < 4.78 is 16.3. The molecule has 50 heavy (non-hydrogen) atoms. The smallest absolute Gasteiger partial charge is 0.295 e. The molecule has 4 aromatic carbocycles. The number of ether oxygens (including phenoxy) is 3. The van der Waals surface area contributed by atoms with Gasteiger partial charge in [-0.15, -0.1) is 0 Å². The molecule has 1 heterocycles. The van der Waals surface area contributed by atoms with Gasteiger partial charge >= 0.3 is 0 Å². The van der Waals surface area contributed by atoms with Gasteiger partial charge in [-0.2, -0.15) is 0 Å². The number of aryl methyl sites for hydroxylation is 2. The third-order valence-corrected chi connectivity index (χ3v) is 9.54. The highest BCUT2D eigenvalue weighted by atomic mass is 16.5. The highest BCUT2D eigenvalue weighted by Crippen LogP contribution is 2.39. The number of nitrogens with one attached hydrogen (secondary N) is 1. The van der Waals surface area contributed by atoms with E-state index >= 15 is 0 Å². The minimum absolute atomic E-state index is 0.0640. The van der Waals surface area contributed by atoms with Crippen LogP contribution in [-0.2, 0) is 28.9 Å². The number of likely N-dealkylation sites (tertiary alicyclic amines) is 1. The molecular weight excluding hydrogens is 628 g/mol. The number of carbonyl (C=O) groups is 3. The van der Waals surface area contributed by atoms with Crippen molar-refractivity contribution in [3.8, 4) is 17.2 Å². The average Bonchev–Trinajstić information content (AvgIpc) is 3.58. The largest absolute Gasteiger partial charge is 0.493 e. The van der Waals surface area contributed by atoms with E-state index in [4.69, 9.17) is 14.2 Å². The van der Waals surface area contributed by atoms with E-state index in [1.807, 2.05) is 66.7 Å². The molecule has 8 heteroatoms. The van der Waals surface area contributed by atoms with Gasteiger partial charge in [0.2, 0.25) is 11.7 Å². The predicted molar refractivity (Wildman–Crippen MR) is 195 cm³/mol. The molecule has 2 amide bonds. The van der Waals surface area contributed by atoms with E-state index in [1.165, 1.54) is 49.5 Å². The Bertz CT molecular complexity index is 1630. The maximum Gasteiger partial charge on any atom is 0.295 e. The Labute approximate surface area is 295 Å². The fourth-order valence-electron chi connectivity index (χ4n) is 6.97. The minimum Gasteiger partial charge on any atom is -0.493 e. The number of benzene rings is 4. The van der Waals surface area contributed by atoms with E-state index in [0.717, 1.165) is 44.1 Å². The van der Waals surface area contributed by atoms with Crippen molar-refractivity contribution >= 4 is 17.6 Å². The molecule has 1 aliphatic rings. The molecule has 2 atom stereocenters. The zero-order chi connectivity index (χ0) is 35.3. The third kappa shape index (κ3) is 9.31. The number of carbonyl (C=O) groups excluding carboxylic acids is 3. The summed E-state index contributed by atoms with van der Waals surface area (Å²) in [5.74, 6) is -0.797. The second-order valence-corrected chi connectivity index (χ2v) is 12.9. The fraction of sp³-hybridized carbons (Fsp3) is 0.357. The Morgan fingerprint density at radius 3 is 1.68 bits per heavy atom. The lowest BCUT2D eigenvalue weighted by Crippen LogP contribution is -2.53. The predicted octanol–water partition coefficient (Wildman–Crippen LogP) is 7.03. The molecule has 1 saturated heterocycles. The molecule has 1 unspecified atom stereocenters. The van der Waals surface area contributed by atoms with E-state index in [1.54, 1.807) is 0 Å². The summed E-state index contributed by atoms with van der Waals surface area (Å²) in [4.78, 5) is 43.9. The lowest BCUT2D eigenvalue weighted by Gasteiger charge is -2.31. The van der Waals surface area contributed by atoms with E-state index in [9.17, 15) is 14.4 Å². The van der Waals surface area contributed by atoms with Crippen molar-refractivity contribution in [2.24, 2.45) is 0 Å². The van der Waals surface area contributed by atoms with Crippen molar-refractivity contribution in [3.63, 3.8) is 0 Å². The maximum absolute atomic E-state index is 14.2. The second-order valence-electron chi connectivity index (χ2n) is 12.9. The number of ketones is 1. The number of amides is 2. The van der Waals surface area contributed by atoms with Gasteiger partial charge in [0.1, 0.15) is 6.04 Å². The molecule has 0 spiro atoms. The van der Waals surface area contributed by atoms with Crippen molar-refractivity contribution in [1.82, 2.24) is 10.2 Å². The van der Waals surface area contributed by atoms with Crippen LogP contribution in [0.15, 0.2) is 103 Å². The number of nitrogens with zero attached hydrogens (tertiary/aromatic N) is 1. The second kappa shape index (κ2) is 18.0. The zero-order valence-corrected chi connectivity index (χ0v) is 29.3. The highest BCUT2D eigenvalue weighted by molar-refractivity contribution is 6.43. The Kier molecular flexibility index (Phi) is 13.1. The molecule has 4 aromatic rings. The van der Waals surface area contributed by atoms with Gasteiger partial charge in [-0.05, 0) is 86.6 Å². The minimum atomic E-state index is -0.770. The van der Waals surface area contributed by atoms with E-state index < -0.39 is 17.7 Å². The van der Waals surface area contributed by atoms with Crippen molar-refractivity contribution in [2.45, 2.75) is 75.9 Å². The molecule has 5 rings (SSSR count). The van der Waals surface area contributed by atoms with Crippen LogP contribution >= 0.6 is 0 Å². The monoisotopic (exact) mass is 676 g/mol. The van der Waals surface area contributed by atoms with Crippen LogP contribution in [0.4, 0.5) is 0 Å². The van der Waals surface area contributed by atoms with Crippen molar-refractivity contribution in [1.29, 1.82) is 0 Å². The van der Waals surface area contributed by atoms with Crippen molar-refractivity contribution in [3.05, 3.63) is 125 Å². The SMILES string of the molecule is COc1cc(C(=O)C(=O)N2C(Cc3ccccc3)CC[C@H]2C(=O)NC(CCCc2ccccc2)CCCc2ccccc2)cc(OC)c1OC. The van der Waals surface area contributed by atoms with Gasteiger partial charge in [0, 0.05) is 17.6 Å². The van der Waals surface area contributed by atoms with Crippen molar-refractivity contribution < 1.29 is 28.6 Å². The highest BCUT2D eigenvalue weighted by Gasteiger charge is 2.43. The van der Waals surface area contributed by atoms with Crippen LogP contribution < -0.4 is 19.5 Å². The van der Waals surface area contributed by atoms with Crippen LogP contribution in [0.2, 0.25) is 0 Å². The summed E-state index contributed by atoms with van der Waals surface area (Å²) in [5, 5.41) is 3.33. The molecule has 262 valence electrons. The molecule has 1 aliphatic heterocycles. The Morgan fingerprint density at radius 1 is 0.700 bits per heavy atom.